The summed E-state index contributed by atoms with van der Waals surface area (Å²) in [6.07, 6.45) is 1.39. The van der Waals surface area contributed by atoms with Gasteiger partial charge in [-0.2, -0.15) is 0 Å². The Balaban J connectivity index is 1.78. The smallest absolute Gasteiger partial charge is 0.343 e. The number of hydrogen-bond donors (Lipinski definition) is 2. The van der Waals surface area contributed by atoms with E-state index in [0.29, 0.717) is 40.1 Å². The van der Waals surface area contributed by atoms with Crippen molar-refractivity contribution in [2.45, 2.75) is 19.6 Å². The van der Waals surface area contributed by atoms with Crippen molar-refractivity contribution in [1.82, 2.24) is 0 Å². The normalized spacial score (nSPS) is 10.8. The van der Waals surface area contributed by atoms with E-state index >= 15 is 0 Å². The average Bonchev–Trinajstić information content (AvgIpc) is 3.36. The van der Waals surface area contributed by atoms with Crippen molar-refractivity contribution in [2.75, 3.05) is 13.7 Å². The van der Waals surface area contributed by atoms with E-state index in [1.54, 1.807) is 36.6 Å². The fourth-order valence-electron chi connectivity index (χ4n) is 3.83. The zero-order chi connectivity index (χ0) is 24.8. The molecule has 0 atom stereocenters. The quantitative estimate of drug-likeness (QED) is 0.325. The first-order chi connectivity index (χ1) is 17.0. The van der Waals surface area contributed by atoms with Crippen molar-refractivity contribution in [3.8, 4) is 22.6 Å². The van der Waals surface area contributed by atoms with Crippen LogP contribution in [0.15, 0.2) is 71.3 Å². The highest BCUT2D eigenvalue weighted by atomic mass is 16.6. The summed E-state index contributed by atoms with van der Waals surface area (Å²) in [6, 6.07) is 18.4. The van der Waals surface area contributed by atoms with Gasteiger partial charge in [0, 0.05) is 23.2 Å². The van der Waals surface area contributed by atoms with Gasteiger partial charge in [-0.3, -0.25) is 4.79 Å². The highest BCUT2D eigenvalue weighted by Crippen LogP contribution is 2.39. The van der Waals surface area contributed by atoms with E-state index in [2.05, 4.69) is 0 Å². The van der Waals surface area contributed by atoms with Gasteiger partial charge in [-0.25, -0.2) is 4.79 Å². The van der Waals surface area contributed by atoms with Crippen LogP contribution in [-0.4, -0.2) is 30.8 Å². The number of carboxylic acid groups (broad SMARTS) is 1. The van der Waals surface area contributed by atoms with Crippen LogP contribution < -0.4 is 15.2 Å². The Morgan fingerprint density at radius 3 is 2.60 bits per heavy atom. The number of methoxy groups -OCH3 is 1. The molecule has 0 saturated heterocycles. The van der Waals surface area contributed by atoms with E-state index in [9.17, 15) is 14.7 Å². The van der Waals surface area contributed by atoms with Crippen LogP contribution in [0.4, 0.5) is 0 Å². The molecule has 0 bridgehead atoms. The summed E-state index contributed by atoms with van der Waals surface area (Å²) in [6.45, 7) is 0.172. The van der Waals surface area contributed by atoms with Gasteiger partial charge in [0.25, 0.3) is 0 Å². The van der Waals surface area contributed by atoms with Crippen molar-refractivity contribution in [2.24, 2.45) is 5.73 Å². The fraction of sp³-hybridized carbons (Fsp3) is 0.185. The molecule has 180 valence electrons. The lowest BCUT2D eigenvalue weighted by Crippen LogP contribution is -2.14. The Hall–Kier alpha value is -4.30. The van der Waals surface area contributed by atoms with Crippen molar-refractivity contribution < 1.29 is 33.3 Å². The lowest BCUT2D eigenvalue weighted by atomic mass is 9.98. The molecule has 0 fully saturated rings. The molecular formula is C27H25NO7. The molecule has 8 nitrogen and oxygen atoms in total. The Labute approximate surface area is 201 Å². The number of ether oxygens (including phenoxy) is 3. The zero-order valence-electron chi connectivity index (χ0n) is 19.2. The van der Waals surface area contributed by atoms with E-state index in [-0.39, 0.29) is 19.6 Å². The van der Waals surface area contributed by atoms with Crippen molar-refractivity contribution in [3.05, 3.63) is 83.6 Å². The van der Waals surface area contributed by atoms with Gasteiger partial charge >= 0.3 is 11.9 Å². The molecule has 1 aromatic heterocycles. The number of esters is 1. The third-order valence-corrected chi connectivity index (χ3v) is 5.50. The van der Waals surface area contributed by atoms with E-state index in [4.69, 9.17) is 24.4 Å². The molecule has 0 saturated carbocycles. The number of nitrogens with two attached hydrogens (primary N) is 1. The summed E-state index contributed by atoms with van der Waals surface area (Å²) in [4.78, 5) is 23.0. The molecule has 1 heterocycles. The standard InChI is InChI=1S/C27H25NO7/c1-32-25(31)16-35-26-20(15-34-23-8-3-2-6-19(23)13-24(29)30)12-22(27-21(26)9-10-33-27)18-7-4-5-17(11-18)14-28/h2-12H,13-16,28H2,1H3,(H,29,30). The van der Waals surface area contributed by atoms with Gasteiger partial charge in [0.15, 0.2) is 6.61 Å². The molecule has 4 rings (SSSR count). The summed E-state index contributed by atoms with van der Waals surface area (Å²) < 4.78 is 22.4. The first-order valence-electron chi connectivity index (χ1n) is 10.9. The second-order valence-corrected chi connectivity index (χ2v) is 7.81. The number of aliphatic carboxylic acids is 1. The molecular weight excluding hydrogens is 450 g/mol. The molecule has 0 aliphatic rings. The largest absolute Gasteiger partial charge is 0.488 e. The van der Waals surface area contributed by atoms with E-state index < -0.39 is 11.9 Å². The van der Waals surface area contributed by atoms with Crippen LogP contribution in [-0.2, 0) is 33.9 Å². The maximum absolute atomic E-state index is 11.8. The Bertz CT molecular complexity index is 1360. The van der Waals surface area contributed by atoms with Crippen LogP contribution in [0.1, 0.15) is 16.7 Å². The number of furan rings is 1. The summed E-state index contributed by atoms with van der Waals surface area (Å²) in [5.41, 5.74) is 10.3. The molecule has 0 aliphatic heterocycles. The van der Waals surface area contributed by atoms with Gasteiger partial charge in [0.1, 0.15) is 23.7 Å². The third kappa shape index (κ3) is 5.44. The van der Waals surface area contributed by atoms with Gasteiger partial charge in [-0.05, 0) is 35.4 Å². The van der Waals surface area contributed by atoms with Crippen LogP contribution >= 0.6 is 0 Å². The summed E-state index contributed by atoms with van der Waals surface area (Å²) in [5.74, 6) is -0.605. The third-order valence-electron chi connectivity index (χ3n) is 5.50. The first-order valence-corrected chi connectivity index (χ1v) is 10.9. The number of carbonyl (C=O) groups excluding carboxylic acids is 1. The SMILES string of the molecule is COC(=O)COc1c(COc2ccccc2CC(=O)O)cc(-c2cccc(CN)c2)c2occc12. The van der Waals surface area contributed by atoms with Gasteiger partial charge in [-0.1, -0.05) is 36.4 Å². The van der Waals surface area contributed by atoms with Crippen molar-refractivity contribution in [1.29, 1.82) is 0 Å². The van der Waals surface area contributed by atoms with Crippen molar-refractivity contribution in [3.63, 3.8) is 0 Å². The number of carbonyl (C=O) groups is 2. The van der Waals surface area contributed by atoms with E-state index in [1.165, 1.54) is 7.11 Å². The maximum Gasteiger partial charge on any atom is 0.343 e. The molecule has 8 heteroatoms. The summed E-state index contributed by atoms with van der Waals surface area (Å²) in [5, 5.41) is 9.90. The van der Waals surface area contributed by atoms with Gasteiger partial charge < -0.3 is 29.5 Å². The molecule has 0 amide bonds. The van der Waals surface area contributed by atoms with Crippen molar-refractivity contribution >= 4 is 22.9 Å². The number of fused-ring (bicyclic) bond motifs is 1. The number of hydrogen-bond acceptors (Lipinski definition) is 7. The fourth-order valence-corrected chi connectivity index (χ4v) is 3.83. The molecule has 4 aromatic rings. The number of para-hydroxylation sites is 1. The predicted molar refractivity (Wildman–Crippen MR) is 129 cm³/mol. The zero-order valence-corrected chi connectivity index (χ0v) is 19.2. The molecule has 0 unspecified atom stereocenters. The molecule has 0 spiro atoms. The second kappa shape index (κ2) is 10.8. The molecule has 3 aromatic carbocycles. The Morgan fingerprint density at radius 1 is 1.00 bits per heavy atom. The average molecular weight is 475 g/mol. The lowest BCUT2D eigenvalue weighted by Gasteiger charge is -2.17. The van der Waals surface area contributed by atoms with E-state index in [1.807, 2.05) is 30.3 Å². The number of carboxylic acids is 1. The molecule has 3 N–H and O–H groups in total. The van der Waals surface area contributed by atoms with Crippen LogP contribution in [0.2, 0.25) is 0 Å². The first kappa shape index (κ1) is 23.8. The molecule has 0 aliphatic carbocycles. The summed E-state index contributed by atoms with van der Waals surface area (Å²) >= 11 is 0. The topological polar surface area (TPSA) is 121 Å². The Kier molecular flexibility index (Phi) is 7.32. The minimum Gasteiger partial charge on any atom is -0.488 e. The highest BCUT2D eigenvalue weighted by molar-refractivity contribution is 5.97. The van der Waals surface area contributed by atoms with Crippen LogP contribution in [0, 0.1) is 0 Å². The molecule has 35 heavy (non-hydrogen) atoms. The second-order valence-electron chi connectivity index (χ2n) is 7.81. The Morgan fingerprint density at radius 2 is 1.83 bits per heavy atom. The minimum absolute atomic E-state index is 0.0673. The van der Waals surface area contributed by atoms with Crippen LogP contribution in [0.3, 0.4) is 0 Å². The van der Waals surface area contributed by atoms with Gasteiger partial charge in [0.2, 0.25) is 0 Å². The van der Waals surface area contributed by atoms with Crippen LogP contribution in [0.5, 0.6) is 11.5 Å². The lowest BCUT2D eigenvalue weighted by molar-refractivity contribution is -0.143. The summed E-state index contributed by atoms with van der Waals surface area (Å²) in [7, 11) is 1.29. The molecule has 0 radical (unpaired) electrons. The predicted octanol–water partition coefficient (Wildman–Crippen LogP) is 4.32. The minimum atomic E-state index is -0.954. The maximum atomic E-state index is 11.8. The highest BCUT2D eigenvalue weighted by Gasteiger charge is 2.20. The number of benzene rings is 3. The van der Waals surface area contributed by atoms with Gasteiger partial charge in [-0.15, -0.1) is 0 Å². The van der Waals surface area contributed by atoms with E-state index in [0.717, 1.165) is 16.7 Å². The van der Waals surface area contributed by atoms with Crippen LogP contribution in [0.25, 0.3) is 22.1 Å². The number of rotatable bonds is 10. The monoisotopic (exact) mass is 475 g/mol. The van der Waals surface area contributed by atoms with Gasteiger partial charge in [0.05, 0.1) is 25.2 Å².